The van der Waals surface area contributed by atoms with E-state index in [1.807, 2.05) is 0 Å². The highest BCUT2D eigenvalue weighted by atomic mass is 16.2. The van der Waals surface area contributed by atoms with Crippen molar-refractivity contribution in [1.82, 2.24) is 15.1 Å². The largest absolute Gasteiger partial charge is 0.336 e. The summed E-state index contributed by atoms with van der Waals surface area (Å²) < 4.78 is 0. The number of rotatable bonds is 2. The van der Waals surface area contributed by atoms with Crippen molar-refractivity contribution < 1.29 is 4.79 Å². The Morgan fingerprint density at radius 3 is 2.93 bits per heavy atom. The topological polar surface area (TPSA) is 35.6 Å². The Morgan fingerprint density at radius 2 is 2.33 bits per heavy atom. The van der Waals surface area contributed by atoms with Gasteiger partial charge in [0.1, 0.15) is 0 Å². The van der Waals surface area contributed by atoms with Gasteiger partial charge in [0.15, 0.2) is 0 Å². The average molecular weight is 211 g/mol. The van der Waals surface area contributed by atoms with Crippen molar-refractivity contribution in [3.05, 3.63) is 0 Å². The smallest absolute Gasteiger partial charge is 0.237 e. The quantitative estimate of drug-likeness (QED) is 0.693. The summed E-state index contributed by atoms with van der Waals surface area (Å²) in [6.07, 6.45) is 2.37. The van der Waals surface area contributed by atoms with Crippen molar-refractivity contribution in [3.8, 4) is 0 Å². The molecule has 0 spiro atoms. The average Bonchev–Trinajstić information content (AvgIpc) is 2.30. The van der Waals surface area contributed by atoms with Crippen LogP contribution in [-0.4, -0.2) is 61.0 Å². The first kappa shape index (κ1) is 10.9. The molecule has 0 aromatic heterocycles. The number of carbonyl (C=O) groups is 1. The molecule has 2 rings (SSSR count). The van der Waals surface area contributed by atoms with Gasteiger partial charge < -0.3 is 10.2 Å². The molecule has 86 valence electrons. The first-order chi connectivity index (χ1) is 7.31. The predicted molar refractivity (Wildman–Crippen MR) is 59.7 cm³/mol. The lowest BCUT2D eigenvalue weighted by atomic mass is 10.0. The van der Waals surface area contributed by atoms with Crippen LogP contribution < -0.4 is 5.32 Å². The first-order valence-electron chi connectivity index (χ1n) is 6.04. The molecule has 0 aliphatic carbocycles. The minimum absolute atomic E-state index is 0.316. The van der Waals surface area contributed by atoms with E-state index in [-0.39, 0.29) is 0 Å². The second kappa shape index (κ2) is 4.94. The third-order valence-electron chi connectivity index (χ3n) is 3.50. The number of likely N-dealkylation sites (N-methyl/N-ethyl adjacent to an activating group) is 1. The number of piperidine rings is 1. The zero-order chi connectivity index (χ0) is 10.7. The lowest BCUT2D eigenvalue weighted by molar-refractivity contribution is -0.138. The van der Waals surface area contributed by atoms with Gasteiger partial charge in [-0.15, -0.1) is 0 Å². The summed E-state index contributed by atoms with van der Waals surface area (Å²) in [5.74, 6) is 0.316. The molecule has 1 N–H and O–H groups in total. The maximum Gasteiger partial charge on any atom is 0.237 e. The number of piperazine rings is 1. The molecule has 2 fully saturated rings. The van der Waals surface area contributed by atoms with Gasteiger partial charge in [-0.25, -0.2) is 0 Å². The standard InChI is InChI=1S/C11H21N3O/c1-2-13-6-7-14(11(15)9-13)10-4-3-5-12-8-10/h10,12H,2-9H2,1H3. The fourth-order valence-corrected chi connectivity index (χ4v) is 2.49. The van der Waals surface area contributed by atoms with Crippen LogP contribution in [0.4, 0.5) is 0 Å². The van der Waals surface area contributed by atoms with Crippen LogP contribution in [0.15, 0.2) is 0 Å². The van der Waals surface area contributed by atoms with Gasteiger partial charge >= 0.3 is 0 Å². The van der Waals surface area contributed by atoms with Gasteiger partial charge in [-0.05, 0) is 25.9 Å². The molecule has 0 aromatic carbocycles. The van der Waals surface area contributed by atoms with Crippen LogP contribution in [0.25, 0.3) is 0 Å². The summed E-state index contributed by atoms with van der Waals surface area (Å²) in [5, 5.41) is 3.37. The van der Waals surface area contributed by atoms with E-state index in [2.05, 4.69) is 22.0 Å². The number of nitrogens with one attached hydrogen (secondary N) is 1. The van der Waals surface area contributed by atoms with Crippen LogP contribution in [0.3, 0.4) is 0 Å². The van der Waals surface area contributed by atoms with Crippen molar-refractivity contribution >= 4 is 5.91 Å². The van der Waals surface area contributed by atoms with E-state index >= 15 is 0 Å². The van der Waals surface area contributed by atoms with E-state index in [9.17, 15) is 4.79 Å². The van der Waals surface area contributed by atoms with Gasteiger partial charge in [0.05, 0.1) is 6.54 Å². The molecular formula is C11H21N3O. The summed E-state index contributed by atoms with van der Waals surface area (Å²) >= 11 is 0. The van der Waals surface area contributed by atoms with Crippen molar-refractivity contribution in [2.75, 3.05) is 39.3 Å². The van der Waals surface area contributed by atoms with E-state index in [1.54, 1.807) is 0 Å². The zero-order valence-corrected chi connectivity index (χ0v) is 9.54. The molecular weight excluding hydrogens is 190 g/mol. The van der Waals surface area contributed by atoms with Crippen molar-refractivity contribution in [2.24, 2.45) is 0 Å². The van der Waals surface area contributed by atoms with Crippen LogP contribution in [0.2, 0.25) is 0 Å². The Hall–Kier alpha value is -0.610. The Bertz CT molecular complexity index is 226. The molecule has 0 aromatic rings. The maximum atomic E-state index is 11.9. The maximum absolute atomic E-state index is 11.9. The fourth-order valence-electron chi connectivity index (χ4n) is 2.49. The van der Waals surface area contributed by atoms with Gasteiger partial charge in [0.2, 0.25) is 5.91 Å². The number of carbonyl (C=O) groups excluding carboxylic acids is 1. The molecule has 1 atom stereocenters. The molecule has 0 bridgehead atoms. The van der Waals surface area contributed by atoms with E-state index in [0.29, 0.717) is 18.5 Å². The number of hydrogen-bond acceptors (Lipinski definition) is 3. The molecule has 4 heteroatoms. The van der Waals surface area contributed by atoms with Crippen molar-refractivity contribution in [1.29, 1.82) is 0 Å². The fraction of sp³-hybridized carbons (Fsp3) is 0.909. The summed E-state index contributed by atoms with van der Waals surface area (Å²) in [7, 11) is 0. The van der Waals surface area contributed by atoms with E-state index in [0.717, 1.165) is 32.7 Å². The normalized spacial score (nSPS) is 29.5. The Labute approximate surface area is 91.6 Å². The van der Waals surface area contributed by atoms with E-state index in [1.165, 1.54) is 12.8 Å². The van der Waals surface area contributed by atoms with Gasteiger partial charge in [-0.3, -0.25) is 9.69 Å². The SMILES string of the molecule is CCN1CCN(C2CCCNC2)C(=O)C1. The van der Waals surface area contributed by atoms with Crippen LogP contribution in [0, 0.1) is 0 Å². The van der Waals surface area contributed by atoms with Crippen LogP contribution >= 0.6 is 0 Å². The Morgan fingerprint density at radius 1 is 1.47 bits per heavy atom. The van der Waals surface area contributed by atoms with E-state index in [4.69, 9.17) is 0 Å². The van der Waals surface area contributed by atoms with Crippen molar-refractivity contribution in [2.45, 2.75) is 25.8 Å². The minimum Gasteiger partial charge on any atom is -0.336 e. The molecule has 2 saturated heterocycles. The third-order valence-corrected chi connectivity index (χ3v) is 3.50. The van der Waals surface area contributed by atoms with Gasteiger partial charge in [-0.2, -0.15) is 0 Å². The number of hydrogen-bond donors (Lipinski definition) is 1. The molecule has 2 heterocycles. The highest BCUT2D eigenvalue weighted by Gasteiger charge is 2.29. The lowest BCUT2D eigenvalue weighted by Gasteiger charge is -2.40. The van der Waals surface area contributed by atoms with Crippen molar-refractivity contribution in [3.63, 3.8) is 0 Å². The molecule has 1 unspecified atom stereocenters. The third kappa shape index (κ3) is 2.49. The zero-order valence-electron chi connectivity index (χ0n) is 9.54. The summed E-state index contributed by atoms with van der Waals surface area (Å²) in [6, 6.07) is 0.449. The first-order valence-corrected chi connectivity index (χ1v) is 6.04. The molecule has 1 amide bonds. The van der Waals surface area contributed by atoms with Gasteiger partial charge in [-0.1, -0.05) is 6.92 Å². The molecule has 2 aliphatic rings. The lowest BCUT2D eigenvalue weighted by Crippen LogP contribution is -2.57. The highest BCUT2D eigenvalue weighted by molar-refractivity contribution is 5.79. The van der Waals surface area contributed by atoms with Crippen LogP contribution in [-0.2, 0) is 4.79 Å². The summed E-state index contributed by atoms with van der Waals surface area (Å²) in [6.45, 7) is 7.77. The number of nitrogens with zero attached hydrogens (tertiary/aromatic N) is 2. The highest BCUT2D eigenvalue weighted by Crippen LogP contribution is 2.13. The number of amides is 1. The summed E-state index contributed by atoms with van der Waals surface area (Å²) in [5.41, 5.74) is 0. The monoisotopic (exact) mass is 211 g/mol. The molecule has 15 heavy (non-hydrogen) atoms. The molecule has 4 nitrogen and oxygen atoms in total. The van der Waals surface area contributed by atoms with E-state index < -0.39 is 0 Å². The summed E-state index contributed by atoms with van der Waals surface area (Å²) in [4.78, 5) is 16.2. The second-order valence-corrected chi connectivity index (χ2v) is 4.46. The van der Waals surface area contributed by atoms with Gasteiger partial charge in [0, 0.05) is 25.7 Å². The predicted octanol–water partition coefficient (Wildman–Crippen LogP) is -0.0975. The molecule has 0 saturated carbocycles. The van der Waals surface area contributed by atoms with Gasteiger partial charge in [0.25, 0.3) is 0 Å². The second-order valence-electron chi connectivity index (χ2n) is 4.46. The van der Waals surface area contributed by atoms with Crippen LogP contribution in [0.5, 0.6) is 0 Å². The van der Waals surface area contributed by atoms with Crippen LogP contribution in [0.1, 0.15) is 19.8 Å². The Balaban J connectivity index is 1.90. The minimum atomic E-state index is 0.316. The Kier molecular flexibility index (Phi) is 3.59. The molecule has 0 radical (unpaired) electrons. The molecule has 2 aliphatic heterocycles.